The Morgan fingerprint density at radius 3 is 2.58 bits per heavy atom. The lowest BCUT2D eigenvalue weighted by Gasteiger charge is -2.26. The molecule has 1 aromatic heterocycles. The normalized spacial score (nSPS) is 20.5. The van der Waals surface area contributed by atoms with E-state index in [-0.39, 0.29) is 29.6 Å². The van der Waals surface area contributed by atoms with Crippen molar-refractivity contribution in [3.05, 3.63) is 77.2 Å². The van der Waals surface area contributed by atoms with Crippen molar-refractivity contribution in [1.29, 1.82) is 5.26 Å². The number of halogens is 1. The van der Waals surface area contributed by atoms with Crippen LogP contribution in [-0.2, 0) is 19.6 Å². The van der Waals surface area contributed by atoms with Crippen molar-refractivity contribution < 1.29 is 27.2 Å². The van der Waals surface area contributed by atoms with Gasteiger partial charge in [-0.15, -0.1) is 0 Å². The number of hydrogen-bond donors (Lipinski definition) is 3. The first kappa shape index (κ1) is 35.2. The Morgan fingerprint density at radius 1 is 1.06 bits per heavy atom. The molecule has 2 heterocycles. The number of benzene rings is 2. The Hall–Kier alpha value is -4.67. The number of pyridine rings is 1. The maximum atomic E-state index is 13.7. The van der Waals surface area contributed by atoms with Gasteiger partial charge in [0.1, 0.15) is 17.6 Å². The van der Waals surface area contributed by atoms with Gasteiger partial charge in [0.05, 0.1) is 35.0 Å². The highest BCUT2D eigenvalue weighted by atomic mass is 32.2. The third-order valence-electron chi connectivity index (χ3n) is 9.68. The number of nitrogens with zero attached hydrogens (tertiary/aromatic N) is 3. The summed E-state index contributed by atoms with van der Waals surface area (Å²) in [6, 6.07) is 12.5. The number of likely N-dealkylation sites (tertiary alicyclic amines) is 1. The molecular weight excluding hydrogens is 660 g/mol. The molecule has 1 aliphatic heterocycles. The van der Waals surface area contributed by atoms with Crippen LogP contribution in [0.3, 0.4) is 0 Å². The van der Waals surface area contributed by atoms with Gasteiger partial charge in [-0.25, -0.2) is 22.5 Å². The van der Waals surface area contributed by atoms with E-state index in [2.05, 4.69) is 32.5 Å². The van der Waals surface area contributed by atoms with E-state index < -0.39 is 58.1 Å². The van der Waals surface area contributed by atoms with Gasteiger partial charge in [-0.05, 0) is 92.5 Å². The molecule has 3 aliphatic rings. The first-order valence-electron chi connectivity index (χ1n) is 17.2. The predicted molar refractivity (Wildman–Crippen MR) is 185 cm³/mol. The van der Waals surface area contributed by atoms with Crippen molar-refractivity contribution in [3.8, 4) is 6.07 Å². The second-order valence-electron chi connectivity index (χ2n) is 13.5. The average Bonchev–Trinajstić information content (AvgIpc) is 3.84. The molecule has 13 heteroatoms. The van der Waals surface area contributed by atoms with Gasteiger partial charge in [0, 0.05) is 18.0 Å². The van der Waals surface area contributed by atoms with Gasteiger partial charge in [-0.3, -0.25) is 14.4 Å². The Labute approximate surface area is 291 Å². The highest BCUT2D eigenvalue weighted by molar-refractivity contribution is 7.89. The lowest BCUT2D eigenvalue weighted by molar-refractivity contribution is -0.138. The Balaban J connectivity index is 1.13. The quantitative estimate of drug-likeness (QED) is 0.260. The van der Waals surface area contributed by atoms with Crippen LogP contribution in [-0.4, -0.2) is 61.2 Å². The maximum Gasteiger partial charge on any atom is 0.270 e. The Kier molecular flexibility index (Phi) is 10.6. The summed E-state index contributed by atoms with van der Waals surface area (Å²) >= 11 is 0. The molecule has 3 N–H and O–H groups in total. The molecule has 0 unspecified atom stereocenters. The van der Waals surface area contributed by atoms with Crippen LogP contribution in [0.5, 0.6) is 0 Å². The molecule has 3 aromatic rings. The minimum atomic E-state index is -3.74. The van der Waals surface area contributed by atoms with Crippen LogP contribution in [0.25, 0.3) is 17.0 Å². The van der Waals surface area contributed by atoms with Crippen LogP contribution < -0.4 is 15.4 Å². The summed E-state index contributed by atoms with van der Waals surface area (Å²) in [7, 11) is -3.74. The molecule has 0 spiro atoms. The molecule has 50 heavy (non-hydrogen) atoms. The first-order valence-corrected chi connectivity index (χ1v) is 18.7. The number of allylic oxidation sites excluding steroid dienone is 1. The summed E-state index contributed by atoms with van der Waals surface area (Å²) in [4.78, 5) is 45.6. The molecule has 262 valence electrons. The highest BCUT2D eigenvalue weighted by Gasteiger charge is 2.40. The van der Waals surface area contributed by atoms with E-state index in [4.69, 9.17) is 0 Å². The van der Waals surface area contributed by atoms with E-state index in [1.54, 1.807) is 31.2 Å². The van der Waals surface area contributed by atoms with Crippen LogP contribution in [0.4, 0.5) is 4.39 Å². The minimum absolute atomic E-state index is 0.0351. The highest BCUT2D eigenvalue weighted by Crippen LogP contribution is 2.33. The van der Waals surface area contributed by atoms with Crippen molar-refractivity contribution in [2.45, 2.75) is 81.3 Å². The fourth-order valence-electron chi connectivity index (χ4n) is 6.71. The number of rotatable bonds is 11. The third kappa shape index (κ3) is 8.37. The maximum absolute atomic E-state index is 13.7. The average molecular weight is 701 g/mol. The molecule has 3 amide bonds. The SMILES string of the molecule is C[C@H](NC(=O)[C@@H]1C[C@@H](C#N)CN1C(=O)CNC(=O)c1ccc2cc(F)ccc2n1)c1ccc(S(=O)(=O)NC2CCCCC2)cc1/C=C/C1CC1. The van der Waals surface area contributed by atoms with Gasteiger partial charge < -0.3 is 15.5 Å². The Bertz CT molecular complexity index is 1970. The molecular formula is C37H41FN6O5S. The number of fused-ring (bicyclic) bond motifs is 1. The molecule has 3 fully saturated rings. The summed E-state index contributed by atoms with van der Waals surface area (Å²) in [6.07, 6.45) is 11.0. The van der Waals surface area contributed by atoms with E-state index in [1.165, 1.54) is 29.2 Å². The second kappa shape index (κ2) is 15.1. The van der Waals surface area contributed by atoms with Gasteiger partial charge in [0.25, 0.3) is 5.91 Å². The van der Waals surface area contributed by atoms with Gasteiger partial charge >= 0.3 is 0 Å². The summed E-state index contributed by atoms with van der Waals surface area (Å²) < 4.78 is 43.0. The number of amides is 3. The van der Waals surface area contributed by atoms with E-state index in [0.717, 1.165) is 50.5 Å². The third-order valence-corrected chi connectivity index (χ3v) is 11.2. The lowest BCUT2D eigenvalue weighted by atomic mass is 9.96. The Morgan fingerprint density at radius 2 is 1.84 bits per heavy atom. The first-order chi connectivity index (χ1) is 24.0. The zero-order valence-corrected chi connectivity index (χ0v) is 28.7. The standard InChI is InChI=1S/C37H41FN6O5S/c1-23(31-14-13-30(19-26(31)10-9-24-7-8-24)50(48,49)43-29-5-3-2-4-6-29)41-37(47)34-17-25(20-39)22-44(34)35(45)21-40-36(46)33-15-11-27-18-28(38)12-16-32(27)42-33/h9-16,18-19,23-25,29,34,43H,2-8,17,21-22H2,1H3,(H,40,46)(H,41,47)/b10-9+/t23-,25-,34-/m0/s1. The van der Waals surface area contributed by atoms with Gasteiger partial charge in [-0.1, -0.05) is 43.5 Å². The molecule has 3 atom stereocenters. The van der Waals surface area contributed by atoms with Crippen LogP contribution in [0.15, 0.2) is 59.5 Å². The molecule has 11 nitrogen and oxygen atoms in total. The van der Waals surface area contributed by atoms with Crippen molar-refractivity contribution >= 4 is 44.7 Å². The van der Waals surface area contributed by atoms with Crippen LogP contribution in [0.1, 0.15) is 85.9 Å². The van der Waals surface area contributed by atoms with Crippen LogP contribution in [0, 0.1) is 29.0 Å². The number of sulfonamides is 1. The number of hydrogen-bond acceptors (Lipinski definition) is 7. The van der Waals surface area contributed by atoms with Crippen LogP contribution in [0.2, 0.25) is 0 Å². The second-order valence-corrected chi connectivity index (χ2v) is 15.2. The molecule has 2 aromatic carbocycles. The van der Waals surface area contributed by atoms with Crippen LogP contribution >= 0.6 is 0 Å². The monoisotopic (exact) mass is 700 g/mol. The zero-order chi connectivity index (χ0) is 35.4. The van der Waals surface area contributed by atoms with Crippen molar-refractivity contribution in [2.24, 2.45) is 11.8 Å². The number of carbonyl (C=O) groups is 3. The number of nitriles is 1. The fraction of sp³-hybridized carbons (Fsp3) is 0.432. The van der Waals surface area contributed by atoms with Gasteiger partial charge in [0.15, 0.2) is 0 Å². The van der Waals surface area contributed by atoms with E-state index in [0.29, 0.717) is 22.4 Å². The minimum Gasteiger partial charge on any atom is -0.348 e. The summed E-state index contributed by atoms with van der Waals surface area (Å²) in [5, 5.41) is 15.7. The molecule has 6 rings (SSSR count). The van der Waals surface area contributed by atoms with Gasteiger partial charge in [0.2, 0.25) is 21.8 Å². The molecule has 2 saturated carbocycles. The fourth-order valence-corrected chi connectivity index (χ4v) is 8.05. The molecule has 0 bridgehead atoms. The van der Waals surface area contributed by atoms with E-state index >= 15 is 0 Å². The smallest absolute Gasteiger partial charge is 0.270 e. The summed E-state index contributed by atoms with van der Waals surface area (Å²) in [5.74, 6) is -2.14. The molecule has 2 aliphatic carbocycles. The topological polar surface area (TPSA) is 161 Å². The number of nitrogens with one attached hydrogen (secondary N) is 3. The molecule has 0 radical (unpaired) electrons. The van der Waals surface area contributed by atoms with E-state index in [1.807, 2.05) is 6.08 Å². The zero-order valence-electron chi connectivity index (χ0n) is 27.9. The largest absolute Gasteiger partial charge is 0.348 e. The predicted octanol–water partition coefficient (Wildman–Crippen LogP) is 4.76. The van der Waals surface area contributed by atoms with Crippen molar-refractivity contribution in [2.75, 3.05) is 13.1 Å². The summed E-state index contributed by atoms with van der Waals surface area (Å²) in [6.45, 7) is 1.41. The number of aromatic nitrogens is 1. The number of carbonyl (C=O) groups excluding carboxylic acids is 3. The van der Waals surface area contributed by atoms with Crippen molar-refractivity contribution in [1.82, 2.24) is 25.2 Å². The lowest BCUT2D eigenvalue weighted by Crippen LogP contribution is -2.49. The van der Waals surface area contributed by atoms with E-state index in [9.17, 15) is 32.5 Å². The van der Waals surface area contributed by atoms with Gasteiger partial charge in [-0.2, -0.15) is 5.26 Å². The summed E-state index contributed by atoms with van der Waals surface area (Å²) in [5.41, 5.74) is 1.87. The molecule has 1 saturated heterocycles. The van der Waals surface area contributed by atoms with Crippen molar-refractivity contribution in [3.63, 3.8) is 0 Å².